The molecule has 0 aliphatic heterocycles. The van der Waals surface area contributed by atoms with Crippen molar-refractivity contribution in [2.45, 2.75) is 26.4 Å². The van der Waals surface area contributed by atoms with Crippen molar-refractivity contribution < 1.29 is 32.3 Å². The van der Waals surface area contributed by atoms with Gasteiger partial charge in [-0.15, -0.1) is 0 Å². The number of carbonyl (C=O) groups excluding carboxylic acids is 2. The van der Waals surface area contributed by atoms with Crippen molar-refractivity contribution in [1.29, 1.82) is 0 Å². The Morgan fingerprint density at radius 1 is 1.33 bits per heavy atom. The molecule has 100 valence electrons. The Kier molecular flexibility index (Phi) is 4.41. The van der Waals surface area contributed by atoms with E-state index in [1.54, 1.807) is 0 Å². The number of hydrogen-bond acceptors (Lipinski definition) is 5. The molecular weight excluding hydrogens is 250 g/mol. The van der Waals surface area contributed by atoms with Gasteiger partial charge in [-0.25, -0.2) is 4.79 Å². The molecule has 1 heterocycles. The fourth-order valence-corrected chi connectivity index (χ4v) is 1.12. The van der Waals surface area contributed by atoms with Crippen molar-refractivity contribution in [2.75, 3.05) is 6.61 Å². The first-order chi connectivity index (χ1) is 8.37. The van der Waals surface area contributed by atoms with Crippen LogP contribution in [-0.4, -0.2) is 18.5 Å². The van der Waals surface area contributed by atoms with E-state index in [2.05, 4.69) is 9.47 Å². The first-order valence-electron chi connectivity index (χ1n) is 5.15. The van der Waals surface area contributed by atoms with Gasteiger partial charge in [0.05, 0.1) is 6.61 Å². The molecule has 7 heteroatoms. The molecule has 0 radical (unpaired) electrons. The molecule has 0 unspecified atom stereocenters. The van der Waals surface area contributed by atoms with Crippen molar-refractivity contribution in [3.05, 3.63) is 23.7 Å². The van der Waals surface area contributed by atoms with Crippen molar-refractivity contribution in [2.24, 2.45) is 0 Å². The zero-order valence-electron chi connectivity index (χ0n) is 9.87. The monoisotopic (exact) mass is 262 g/mol. The van der Waals surface area contributed by atoms with Gasteiger partial charge in [0.2, 0.25) is 0 Å². The standard InChI is InChI=1S/C11H12F2O5/c1-3-16-10(15)11(12,13)9-5-4-8(18-9)6-17-7(2)14/h4-5H,3,6H2,1-2H3. The van der Waals surface area contributed by atoms with Crippen LogP contribution in [0.2, 0.25) is 0 Å². The molecule has 0 amide bonds. The number of carbonyl (C=O) groups is 2. The van der Waals surface area contributed by atoms with Gasteiger partial charge in [-0.3, -0.25) is 4.79 Å². The van der Waals surface area contributed by atoms with Gasteiger partial charge in [0.1, 0.15) is 12.4 Å². The molecule has 0 atom stereocenters. The molecule has 0 spiro atoms. The Bertz CT molecular complexity index is 438. The summed E-state index contributed by atoms with van der Waals surface area (Å²) in [4.78, 5) is 21.6. The van der Waals surface area contributed by atoms with Gasteiger partial charge >= 0.3 is 17.9 Å². The number of halogens is 2. The highest BCUT2D eigenvalue weighted by Crippen LogP contribution is 2.31. The molecule has 0 saturated heterocycles. The largest absolute Gasteiger partial charge is 0.461 e. The van der Waals surface area contributed by atoms with E-state index in [-0.39, 0.29) is 19.0 Å². The molecule has 0 fully saturated rings. The van der Waals surface area contributed by atoms with Crippen LogP contribution in [0.15, 0.2) is 16.5 Å². The number of furan rings is 1. The molecule has 0 aliphatic carbocycles. The number of esters is 2. The second kappa shape index (κ2) is 5.61. The average Bonchev–Trinajstić information content (AvgIpc) is 2.75. The van der Waals surface area contributed by atoms with Gasteiger partial charge in [-0.2, -0.15) is 8.78 Å². The van der Waals surface area contributed by atoms with E-state index in [9.17, 15) is 18.4 Å². The van der Waals surface area contributed by atoms with Gasteiger partial charge in [-0.05, 0) is 19.1 Å². The van der Waals surface area contributed by atoms with Gasteiger partial charge in [0.25, 0.3) is 0 Å². The highest BCUT2D eigenvalue weighted by molar-refractivity contribution is 5.78. The normalized spacial score (nSPS) is 11.1. The van der Waals surface area contributed by atoms with Crippen LogP contribution in [0.25, 0.3) is 0 Å². The van der Waals surface area contributed by atoms with Crippen LogP contribution in [0.5, 0.6) is 0 Å². The lowest BCUT2D eigenvalue weighted by molar-refractivity contribution is -0.175. The lowest BCUT2D eigenvalue weighted by atomic mass is 10.2. The van der Waals surface area contributed by atoms with E-state index >= 15 is 0 Å². The molecule has 0 saturated carbocycles. The first kappa shape index (κ1) is 14.1. The zero-order valence-corrected chi connectivity index (χ0v) is 9.87. The van der Waals surface area contributed by atoms with Crippen LogP contribution in [0.4, 0.5) is 8.78 Å². The van der Waals surface area contributed by atoms with Gasteiger partial charge in [0.15, 0.2) is 5.76 Å². The zero-order chi connectivity index (χ0) is 13.8. The third-order valence-electron chi connectivity index (χ3n) is 1.92. The summed E-state index contributed by atoms with van der Waals surface area (Å²) >= 11 is 0. The average molecular weight is 262 g/mol. The Balaban J connectivity index is 2.77. The predicted octanol–water partition coefficient (Wildman–Crippen LogP) is 2.00. The number of alkyl halides is 2. The maximum Gasteiger partial charge on any atom is 0.399 e. The van der Waals surface area contributed by atoms with Crippen LogP contribution in [-0.2, 0) is 31.6 Å². The van der Waals surface area contributed by atoms with Gasteiger partial charge in [-0.1, -0.05) is 0 Å². The summed E-state index contributed by atoms with van der Waals surface area (Å²) in [5, 5.41) is 0. The highest BCUT2D eigenvalue weighted by atomic mass is 19.3. The van der Waals surface area contributed by atoms with Crippen molar-refractivity contribution in [3.63, 3.8) is 0 Å². The summed E-state index contributed by atoms with van der Waals surface area (Å²) in [6, 6.07) is 2.14. The SMILES string of the molecule is CCOC(=O)C(F)(F)c1ccc(COC(C)=O)o1. The van der Waals surface area contributed by atoms with Crippen molar-refractivity contribution in [1.82, 2.24) is 0 Å². The molecule has 1 aromatic heterocycles. The molecule has 1 rings (SSSR count). The number of hydrogen-bond donors (Lipinski definition) is 0. The summed E-state index contributed by atoms with van der Waals surface area (Å²) < 4.78 is 40.5. The predicted molar refractivity (Wildman–Crippen MR) is 54.7 cm³/mol. The third-order valence-corrected chi connectivity index (χ3v) is 1.92. The van der Waals surface area contributed by atoms with Crippen LogP contribution in [0, 0.1) is 0 Å². The minimum absolute atomic E-state index is 0.0178. The topological polar surface area (TPSA) is 65.7 Å². The Labute approximate surface area is 102 Å². The quantitative estimate of drug-likeness (QED) is 0.759. The molecular formula is C11H12F2O5. The third kappa shape index (κ3) is 3.28. The van der Waals surface area contributed by atoms with Crippen molar-refractivity contribution >= 4 is 11.9 Å². The molecule has 0 aliphatic rings. The Hall–Kier alpha value is -1.92. The fraction of sp³-hybridized carbons (Fsp3) is 0.455. The summed E-state index contributed by atoms with van der Waals surface area (Å²) in [6.45, 7) is 2.17. The summed E-state index contributed by atoms with van der Waals surface area (Å²) in [5.41, 5.74) is 0. The van der Waals surface area contributed by atoms with E-state index in [1.807, 2.05) is 0 Å². The molecule has 0 bridgehead atoms. The number of ether oxygens (including phenoxy) is 2. The highest BCUT2D eigenvalue weighted by Gasteiger charge is 2.46. The lowest BCUT2D eigenvalue weighted by Gasteiger charge is -2.11. The maximum absolute atomic E-state index is 13.5. The summed E-state index contributed by atoms with van der Waals surface area (Å²) in [7, 11) is 0. The van der Waals surface area contributed by atoms with Gasteiger partial charge in [0, 0.05) is 6.92 Å². The van der Waals surface area contributed by atoms with Crippen LogP contribution >= 0.6 is 0 Å². The van der Waals surface area contributed by atoms with Gasteiger partial charge < -0.3 is 13.9 Å². The summed E-state index contributed by atoms with van der Waals surface area (Å²) in [5.74, 6) is -6.93. The van der Waals surface area contributed by atoms with Crippen LogP contribution in [0.3, 0.4) is 0 Å². The maximum atomic E-state index is 13.5. The van der Waals surface area contributed by atoms with E-state index in [0.29, 0.717) is 0 Å². The first-order valence-corrected chi connectivity index (χ1v) is 5.15. The molecule has 18 heavy (non-hydrogen) atoms. The van der Waals surface area contributed by atoms with E-state index in [0.717, 1.165) is 6.07 Å². The van der Waals surface area contributed by atoms with E-state index in [1.165, 1.54) is 19.9 Å². The minimum Gasteiger partial charge on any atom is -0.461 e. The van der Waals surface area contributed by atoms with Crippen molar-refractivity contribution in [3.8, 4) is 0 Å². The fourth-order valence-electron chi connectivity index (χ4n) is 1.12. The Morgan fingerprint density at radius 3 is 2.56 bits per heavy atom. The van der Waals surface area contributed by atoms with Crippen LogP contribution < -0.4 is 0 Å². The Morgan fingerprint density at radius 2 is 2.00 bits per heavy atom. The second-order valence-electron chi connectivity index (χ2n) is 3.34. The van der Waals surface area contributed by atoms with Crippen LogP contribution in [0.1, 0.15) is 25.4 Å². The van der Waals surface area contributed by atoms with E-state index in [4.69, 9.17) is 4.42 Å². The molecule has 5 nitrogen and oxygen atoms in total. The smallest absolute Gasteiger partial charge is 0.399 e. The molecule has 0 aromatic carbocycles. The number of rotatable bonds is 5. The lowest BCUT2D eigenvalue weighted by Crippen LogP contribution is -2.27. The second-order valence-corrected chi connectivity index (χ2v) is 3.34. The van der Waals surface area contributed by atoms with E-state index < -0.39 is 23.6 Å². The molecule has 0 N–H and O–H groups in total. The summed E-state index contributed by atoms with van der Waals surface area (Å²) in [6.07, 6.45) is 0. The minimum atomic E-state index is -3.86. The molecule has 1 aromatic rings.